The summed E-state index contributed by atoms with van der Waals surface area (Å²) in [5.74, 6) is 0. The van der Waals surface area contributed by atoms with Gasteiger partial charge < -0.3 is 62.1 Å². The van der Waals surface area contributed by atoms with Crippen LogP contribution in [-0.2, 0) is 0 Å². The van der Waals surface area contributed by atoms with E-state index in [-0.39, 0.29) is 34.0 Å². The van der Waals surface area contributed by atoms with Crippen LogP contribution in [0.5, 0.6) is 0 Å². The SMILES string of the molecule is NCCC[Si](O)(O)O.NCCC[Si](O)(O)O.O.O.O.O. The summed E-state index contributed by atoms with van der Waals surface area (Å²) in [4.78, 5) is 50.1. The summed E-state index contributed by atoms with van der Waals surface area (Å²) in [6, 6.07) is 0.0903. The maximum Gasteiger partial charge on any atom is 0.492 e. The van der Waals surface area contributed by atoms with Crippen LogP contribution in [0.15, 0.2) is 0 Å². The molecule has 0 saturated heterocycles. The van der Waals surface area contributed by atoms with Crippen molar-refractivity contribution in [3.05, 3.63) is 0 Å². The van der Waals surface area contributed by atoms with Crippen molar-refractivity contribution >= 4 is 17.6 Å². The molecule has 0 aliphatic rings. The predicted octanol–water partition coefficient (Wildman–Crippen LogP) is -6.80. The van der Waals surface area contributed by atoms with Gasteiger partial charge in [-0.1, -0.05) is 0 Å². The first kappa shape index (κ1) is 36.8. The lowest BCUT2D eigenvalue weighted by Gasteiger charge is -2.06. The Morgan fingerprint density at radius 2 is 0.750 bits per heavy atom. The van der Waals surface area contributed by atoms with E-state index >= 15 is 0 Å². The predicted molar refractivity (Wildman–Crippen MR) is 76.2 cm³/mol. The largest absolute Gasteiger partial charge is 0.492 e. The third-order valence-electron chi connectivity index (χ3n) is 1.43. The third kappa shape index (κ3) is 52.1. The molecule has 0 aromatic heterocycles. The van der Waals surface area contributed by atoms with E-state index in [4.69, 9.17) is 40.2 Å². The highest BCUT2D eigenvalue weighted by Gasteiger charge is 2.25. The van der Waals surface area contributed by atoms with Crippen LogP contribution in [0.1, 0.15) is 12.8 Å². The van der Waals surface area contributed by atoms with Gasteiger partial charge in [-0.3, -0.25) is 0 Å². The van der Waals surface area contributed by atoms with Crippen molar-refractivity contribution in [2.24, 2.45) is 11.5 Å². The molecule has 0 heterocycles. The second kappa shape index (κ2) is 19.0. The van der Waals surface area contributed by atoms with Gasteiger partial charge in [0.15, 0.2) is 0 Å². The lowest BCUT2D eigenvalue weighted by molar-refractivity contribution is 0.225. The van der Waals surface area contributed by atoms with Crippen LogP contribution >= 0.6 is 0 Å². The zero-order valence-electron chi connectivity index (χ0n) is 11.1. The minimum atomic E-state index is -3.76. The molecule has 0 atom stereocenters. The van der Waals surface area contributed by atoms with Gasteiger partial charge in [-0.2, -0.15) is 0 Å². The summed E-state index contributed by atoms with van der Waals surface area (Å²) in [7, 11) is -7.52. The Morgan fingerprint density at radius 3 is 0.800 bits per heavy atom. The molecule has 0 spiro atoms. The molecule has 0 aliphatic heterocycles. The smallest absolute Gasteiger partial charge is 0.412 e. The summed E-state index contributed by atoms with van der Waals surface area (Å²) < 4.78 is 0. The fourth-order valence-corrected chi connectivity index (χ4v) is 2.04. The fraction of sp³-hybridized carbons (Fsp3) is 1.00. The molecule has 132 valence electrons. The second-order valence-corrected chi connectivity index (χ2v) is 7.43. The van der Waals surface area contributed by atoms with Gasteiger partial charge in [-0.25, -0.2) is 0 Å². The Balaban J connectivity index is -0.0000000408. The van der Waals surface area contributed by atoms with Crippen LogP contribution in [0.4, 0.5) is 0 Å². The molecule has 12 nitrogen and oxygen atoms in total. The van der Waals surface area contributed by atoms with Crippen molar-refractivity contribution in [3.63, 3.8) is 0 Å². The van der Waals surface area contributed by atoms with E-state index in [0.717, 1.165) is 0 Å². The average molecular weight is 346 g/mol. The third-order valence-corrected chi connectivity index (χ3v) is 3.48. The molecule has 0 aliphatic carbocycles. The van der Waals surface area contributed by atoms with Crippen LogP contribution in [-0.4, -0.2) is 81.4 Å². The summed E-state index contributed by atoms with van der Waals surface area (Å²) in [5, 5.41) is 0. The minimum absolute atomic E-state index is 0. The molecular weight excluding hydrogens is 316 g/mol. The van der Waals surface area contributed by atoms with Crippen molar-refractivity contribution < 1.29 is 50.7 Å². The Kier molecular flexibility index (Phi) is 34.9. The number of nitrogens with two attached hydrogens (primary N) is 2. The van der Waals surface area contributed by atoms with E-state index in [9.17, 15) is 0 Å². The van der Waals surface area contributed by atoms with Gasteiger partial charge in [0.25, 0.3) is 0 Å². The van der Waals surface area contributed by atoms with Gasteiger partial charge in [0.2, 0.25) is 0 Å². The molecule has 18 N–H and O–H groups in total. The normalized spacial score (nSPS) is 9.60. The van der Waals surface area contributed by atoms with Crippen molar-refractivity contribution in [2.75, 3.05) is 13.1 Å². The Labute approximate surface area is 118 Å². The van der Waals surface area contributed by atoms with Gasteiger partial charge >= 0.3 is 17.6 Å². The van der Waals surface area contributed by atoms with Gasteiger partial charge in [0.05, 0.1) is 0 Å². The minimum Gasteiger partial charge on any atom is -0.412 e. The Morgan fingerprint density at radius 1 is 0.550 bits per heavy atom. The van der Waals surface area contributed by atoms with Crippen LogP contribution in [0, 0.1) is 0 Å². The van der Waals surface area contributed by atoms with E-state index in [1.54, 1.807) is 0 Å². The molecule has 0 saturated carbocycles. The molecule has 0 fully saturated rings. The van der Waals surface area contributed by atoms with Crippen LogP contribution in [0.3, 0.4) is 0 Å². The molecule has 0 aromatic carbocycles. The van der Waals surface area contributed by atoms with Crippen molar-refractivity contribution in [3.8, 4) is 0 Å². The highest BCUT2D eigenvalue weighted by molar-refractivity contribution is 6.56. The Hall–Kier alpha value is -0.0462. The Bertz CT molecular complexity index is 147. The maximum atomic E-state index is 8.34. The van der Waals surface area contributed by atoms with Gasteiger partial charge in [-0.15, -0.1) is 0 Å². The van der Waals surface area contributed by atoms with E-state index in [0.29, 0.717) is 25.9 Å². The lowest BCUT2D eigenvalue weighted by Crippen LogP contribution is -2.34. The monoisotopic (exact) mass is 346 g/mol. The summed E-state index contributed by atoms with van der Waals surface area (Å²) in [5.41, 5.74) is 10.0. The quantitative estimate of drug-likeness (QED) is 0.213. The van der Waals surface area contributed by atoms with Crippen LogP contribution in [0.2, 0.25) is 12.1 Å². The first-order valence-electron chi connectivity index (χ1n) is 4.87. The van der Waals surface area contributed by atoms with Gasteiger partial charge in [0.1, 0.15) is 0 Å². The second-order valence-electron chi connectivity index (χ2n) is 3.33. The first-order valence-corrected chi connectivity index (χ1v) is 8.96. The first-order chi connectivity index (χ1) is 7.12. The highest BCUT2D eigenvalue weighted by atomic mass is 28.4. The van der Waals surface area contributed by atoms with E-state index in [2.05, 4.69) is 0 Å². The summed E-state index contributed by atoms with van der Waals surface area (Å²) in [6.07, 6.45) is 0.936. The van der Waals surface area contributed by atoms with E-state index in [1.165, 1.54) is 0 Å². The standard InChI is InChI=1S/2C3H11NO3Si.4H2O/c2*4-2-1-3-8(5,6)7;;;;/h2*5-7H,1-4H2;4*1H2. The van der Waals surface area contributed by atoms with Crippen molar-refractivity contribution in [2.45, 2.75) is 24.9 Å². The maximum absolute atomic E-state index is 8.34. The molecule has 0 bridgehead atoms. The topological polar surface area (TPSA) is 299 Å². The molecule has 0 rings (SSSR count). The summed E-state index contributed by atoms with van der Waals surface area (Å²) in [6.45, 7) is 0.771. The number of hydrogen-bond acceptors (Lipinski definition) is 8. The number of rotatable bonds is 6. The molecule has 14 heteroatoms. The molecule has 0 amide bonds. The average Bonchev–Trinajstić information content (AvgIpc) is 2.10. The molecular formula is C6H30N2O10Si2. The zero-order chi connectivity index (χ0) is 13.2. The molecule has 20 heavy (non-hydrogen) atoms. The molecule has 0 radical (unpaired) electrons. The molecule has 0 unspecified atom stereocenters. The van der Waals surface area contributed by atoms with Crippen molar-refractivity contribution in [1.82, 2.24) is 0 Å². The fourth-order valence-electron chi connectivity index (χ4n) is 0.678. The van der Waals surface area contributed by atoms with Crippen LogP contribution < -0.4 is 11.5 Å². The highest BCUT2D eigenvalue weighted by Crippen LogP contribution is 1.98. The van der Waals surface area contributed by atoms with Crippen LogP contribution in [0.25, 0.3) is 0 Å². The van der Waals surface area contributed by atoms with Crippen molar-refractivity contribution in [1.29, 1.82) is 0 Å². The van der Waals surface area contributed by atoms with Gasteiger partial charge in [0, 0.05) is 12.1 Å². The molecule has 0 aromatic rings. The van der Waals surface area contributed by atoms with Gasteiger partial charge in [-0.05, 0) is 25.9 Å². The van der Waals surface area contributed by atoms with E-state index in [1.807, 2.05) is 0 Å². The summed E-state index contributed by atoms with van der Waals surface area (Å²) >= 11 is 0. The van der Waals surface area contributed by atoms with E-state index < -0.39 is 17.6 Å². The zero-order valence-corrected chi connectivity index (χ0v) is 13.1. The number of hydrogen-bond donors (Lipinski definition) is 8. The lowest BCUT2D eigenvalue weighted by atomic mass is 10.5.